The highest BCUT2D eigenvalue weighted by molar-refractivity contribution is 5.91. The van der Waals surface area contributed by atoms with Crippen molar-refractivity contribution in [2.24, 2.45) is 5.73 Å². The summed E-state index contributed by atoms with van der Waals surface area (Å²) < 4.78 is 41.2. The van der Waals surface area contributed by atoms with Crippen molar-refractivity contribution in [3.05, 3.63) is 0 Å². The minimum atomic E-state index is -4.40. The molecule has 0 aromatic rings. The third kappa shape index (κ3) is 3.59. The maximum Gasteiger partial charge on any atom is 0.389 e. The second kappa shape index (κ2) is 5.77. The Labute approximate surface area is 108 Å². The van der Waals surface area contributed by atoms with Gasteiger partial charge in [-0.2, -0.15) is 13.2 Å². The van der Waals surface area contributed by atoms with Crippen LogP contribution in [0.4, 0.5) is 13.2 Å². The fourth-order valence-electron chi connectivity index (χ4n) is 2.34. The summed E-state index contributed by atoms with van der Waals surface area (Å²) in [6, 6.07) is 0. The molecule has 1 unspecified atom stereocenters. The number of halogens is 3. The lowest BCUT2D eigenvalue weighted by atomic mass is 9.96. The number of hydrogen-bond donors (Lipinski definition) is 1. The van der Waals surface area contributed by atoms with Crippen molar-refractivity contribution >= 4 is 11.8 Å². The van der Waals surface area contributed by atoms with E-state index >= 15 is 0 Å². The average Bonchev–Trinajstić information content (AvgIpc) is 2.70. The number of alkyl halides is 3. The number of primary amides is 1. The molecule has 110 valence electrons. The average molecular weight is 282 g/mol. The first-order valence-electron chi connectivity index (χ1n) is 5.89. The Hall–Kier alpha value is -1.31. The Morgan fingerprint density at radius 2 is 2.05 bits per heavy atom. The summed E-state index contributed by atoms with van der Waals surface area (Å²) >= 11 is 0. The first-order chi connectivity index (χ1) is 8.73. The molecule has 19 heavy (non-hydrogen) atoms. The van der Waals surface area contributed by atoms with Gasteiger partial charge in [0, 0.05) is 20.1 Å². The van der Waals surface area contributed by atoms with Gasteiger partial charge in [-0.05, 0) is 12.8 Å². The molecule has 2 amide bonds. The van der Waals surface area contributed by atoms with Gasteiger partial charge in [-0.3, -0.25) is 9.59 Å². The van der Waals surface area contributed by atoms with Gasteiger partial charge >= 0.3 is 6.18 Å². The van der Waals surface area contributed by atoms with E-state index in [2.05, 4.69) is 0 Å². The molecule has 1 fully saturated rings. The van der Waals surface area contributed by atoms with E-state index in [1.165, 1.54) is 7.11 Å². The molecular weight excluding hydrogens is 265 g/mol. The number of methoxy groups -OCH3 is 1. The molecule has 0 spiro atoms. The molecule has 0 saturated carbocycles. The van der Waals surface area contributed by atoms with Crippen LogP contribution in [0, 0.1) is 0 Å². The van der Waals surface area contributed by atoms with Crippen LogP contribution >= 0.6 is 0 Å². The zero-order valence-electron chi connectivity index (χ0n) is 10.6. The molecule has 0 radical (unpaired) electrons. The molecule has 0 aliphatic carbocycles. The molecule has 1 atom stereocenters. The van der Waals surface area contributed by atoms with Gasteiger partial charge in [0.15, 0.2) is 0 Å². The molecule has 0 aromatic heterocycles. The predicted octanol–water partition coefficient (Wildman–Crippen LogP) is 0.822. The second-order valence-electron chi connectivity index (χ2n) is 4.59. The summed E-state index contributed by atoms with van der Waals surface area (Å²) in [5.74, 6) is -1.46. The monoisotopic (exact) mass is 282 g/mol. The largest absolute Gasteiger partial charge is 0.389 e. The Bertz CT molecular complexity index is 360. The minimum Gasteiger partial charge on any atom is -0.382 e. The van der Waals surface area contributed by atoms with E-state index in [0.29, 0.717) is 12.8 Å². The zero-order valence-corrected chi connectivity index (χ0v) is 10.6. The van der Waals surface area contributed by atoms with Crippen LogP contribution in [-0.2, 0) is 14.3 Å². The Morgan fingerprint density at radius 1 is 1.42 bits per heavy atom. The van der Waals surface area contributed by atoms with E-state index < -0.39 is 36.4 Å². The SMILES string of the molecule is COCC1(C(N)=O)CCCN1C(=O)CCC(F)(F)F. The molecular formula is C11H17F3N2O3. The number of carbonyl (C=O) groups is 2. The summed E-state index contributed by atoms with van der Waals surface area (Å²) in [7, 11) is 1.35. The van der Waals surface area contributed by atoms with Gasteiger partial charge in [0.25, 0.3) is 0 Å². The van der Waals surface area contributed by atoms with Crippen molar-refractivity contribution in [1.82, 2.24) is 4.90 Å². The van der Waals surface area contributed by atoms with E-state index in [1.54, 1.807) is 0 Å². The highest BCUT2D eigenvalue weighted by Crippen LogP contribution is 2.31. The van der Waals surface area contributed by atoms with Gasteiger partial charge in [-0.15, -0.1) is 0 Å². The van der Waals surface area contributed by atoms with E-state index in [1.807, 2.05) is 0 Å². The van der Waals surface area contributed by atoms with Crippen LogP contribution < -0.4 is 5.73 Å². The number of hydrogen-bond acceptors (Lipinski definition) is 3. The molecule has 1 saturated heterocycles. The summed E-state index contributed by atoms with van der Waals surface area (Å²) in [5.41, 5.74) is 3.99. The van der Waals surface area contributed by atoms with Crippen molar-refractivity contribution in [2.75, 3.05) is 20.3 Å². The van der Waals surface area contributed by atoms with Gasteiger partial charge in [0.2, 0.25) is 11.8 Å². The molecule has 0 bridgehead atoms. The van der Waals surface area contributed by atoms with Crippen LogP contribution in [0.2, 0.25) is 0 Å². The summed E-state index contributed by atoms with van der Waals surface area (Å²) in [5, 5.41) is 0. The van der Waals surface area contributed by atoms with Crippen LogP contribution in [0.25, 0.3) is 0 Å². The van der Waals surface area contributed by atoms with E-state index in [0.717, 1.165) is 4.90 Å². The molecule has 1 aliphatic heterocycles. The fourth-order valence-corrected chi connectivity index (χ4v) is 2.34. The standard InChI is InChI=1S/C11H17F3N2O3/c1-19-7-10(9(15)18)4-2-6-16(10)8(17)3-5-11(12,13)14/h2-7H2,1H3,(H2,15,18). The lowest BCUT2D eigenvalue weighted by Gasteiger charge is -2.35. The highest BCUT2D eigenvalue weighted by Gasteiger charge is 2.48. The van der Waals surface area contributed by atoms with Gasteiger partial charge < -0.3 is 15.4 Å². The van der Waals surface area contributed by atoms with Crippen molar-refractivity contribution in [3.63, 3.8) is 0 Å². The number of likely N-dealkylation sites (tertiary alicyclic amines) is 1. The van der Waals surface area contributed by atoms with Crippen LogP contribution in [0.5, 0.6) is 0 Å². The number of rotatable bonds is 5. The molecule has 1 heterocycles. The van der Waals surface area contributed by atoms with Gasteiger partial charge in [-0.1, -0.05) is 0 Å². The third-order valence-electron chi connectivity index (χ3n) is 3.25. The fraction of sp³-hybridized carbons (Fsp3) is 0.818. The molecule has 8 heteroatoms. The smallest absolute Gasteiger partial charge is 0.382 e. The molecule has 1 aliphatic rings. The van der Waals surface area contributed by atoms with Gasteiger partial charge in [0.05, 0.1) is 13.0 Å². The summed E-state index contributed by atoms with van der Waals surface area (Å²) in [4.78, 5) is 24.5. The maximum absolute atomic E-state index is 12.1. The lowest BCUT2D eigenvalue weighted by Crippen LogP contribution is -2.58. The molecule has 2 N–H and O–H groups in total. The van der Waals surface area contributed by atoms with E-state index in [-0.39, 0.29) is 13.2 Å². The highest BCUT2D eigenvalue weighted by atomic mass is 19.4. The summed E-state index contributed by atoms with van der Waals surface area (Å²) in [6.45, 7) is 0.128. The number of nitrogens with two attached hydrogens (primary N) is 1. The van der Waals surface area contributed by atoms with E-state index in [9.17, 15) is 22.8 Å². The van der Waals surface area contributed by atoms with Crippen molar-refractivity contribution in [1.29, 1.82) is 0 Å². The first-order valence-corrected chi connectivity index (χ1v) is 5.89. The number of amides is 2. The quantitative estimate of drug-likeness (QED) is 0.811. The molecule has 5 nitrogen and oxygen atoms in total. The van der Waals surface area contributed by atoms with E-state index in [4.69, 9.17) is 10.5 Å². The Kier molecular flexibility index (Phi) is 4.78. The first kappa shape index (κ1) is 15.7. The number of ether oxygens (including phenoxy) is 1. The summed E-state index contributed by atoms with van der Waals surface area (Å²) in [6.07, 6.45) is -5.45. The third-order valence-corrected chi connectivity index (χ3v) is 3.25. The van der Waals surface area contributed by atoms with Gasteiger partial charge in [0.1, 0.15) is 5.54 Å². The van der Waals surface area contributed by atoms with Crippen molar-refractivity contribution in [2.45, 2.75) is 37.4 Å². The van der Waals surface area contributed by atoms with Crippen LogP contribution in [-0.4, -0.2) is 48.7 Å². The zero-order chi connectivity index (χ0) is 14.7. The van der Waals surface area contributed by atoms with Gasteiger partial charge in [-0.25, -0.2) is 0 Å². The normalized spacial score (nSPS) is 23.7. The Balaban J connectivity index is 2.79. The number of carbonyl (C=O) groups excluding carboxylic acids is 2. The van der Waals surface area contributed by atoms with Crippen molar-refractivity contribution in [3.8, 4) is 0 Å². The molecule has 0 aromatic carbocycles. The van der Waals surface area contributed by atoms with Crippen LogP contribution in [0.3, 0.4) is 0 Å². The maximum atomic E-state index is 12.1. The minimum absolute atomic E-state index is 0.0971. The number of nitrogens with zero attached hydrogens (tertiary/aromatic N) is 1. The second-order valence-corrected chi connectivity index (χ2v) is 4.59. The van der Waals surface area contributed by atoms with Crippen LogP contribution in [0.15, 0.2) is 0 Å². The lowest BCUT2D eigenvalue weighted by molar-refractivity contribution is -0.155. The predicted molar refractivity (Wildman–Crippen MR) is 60.0 cm³/mol. The molecule has 1 rings (SSSR count). The van der Waals surface area contributed by atoms with Crippen molar-refractivity contribution < 1.29 is 27.5 Å². The topological polar surface area (TPSA) is 72.6 Å². The Morgan fingerprint density at radius 3 is 2.53 bits per heavy atom. The van der Waals surface area contributed by atoms with Crippen LogP contribution in [0.1, 0.15) is 25.7 Å².